The molecule has 1 aliphatic rings. The van der Waals surface area contributed by atoms with Crippen LogP contribution in [0.4, 0.5) is 5.69 Å². The highest BCUT2D eigenvalue weighted by molar-refractivity contribution is 7.80. The van der Waals surface area contributed by atoms with Crippen LogP contribution in [0.15, 0.2) is 63.9 Å². The number of methoxy groups -OCH3 is 1. The minimum atomic E-state index is -0.509. The van der Waals surface area contributed by atoms with E-state index in [1.165, 1.54) is 0 Å². The molecule has 166 valence electrons. The zero-order chi connectivity index (χ0) is 23.1. The summed E-state index contributed by atoms with van der Waals surface area (Å²) in [6.07, 6.45) is 0.861. The van der Waals surface area contributed by atoms with Crippen molar-refractivity contribution in [2.45, 2.75) is 25.8 Å². The zero-order valence-electron chi connectivity index (χ0n) is 18.2. The van der Waals surface area contributed by atoms with Gasteiger partial charge in [-0.25, -0.2) is 0 Å². The van der Waals surface area contributed by atoms with Crippen molar-refractivity contribution in [2.75, 3.05) is 12.8 Å². The van der Waals surface area contributed by atoms with E-state index < -0.39 is 6.04 Å². The molecule has 4 aromatic rings. The van der Waals surface area contributed by atoms with Crippen molar-refractivity contribution in [3.63, 3.8) is 0 Å². The SMILES string of the molecule is COc1c(Cc2ccccc2C)c(N)c(=O)n2c1C(=S)C[C@@H]2c1noc(-c2ccccc2)n1. The summed E-state index contributed by atoms with van der Waals surface area (Å²) in [6, 6.07) is 16.9. The number of hydrogen-bond acceptors (Lipinski definition) is 7. The van der Waals surface area contributed by atoms with Crippen LogP contribution in [0.5, 0.6) is 5.75 Å². The van der Waals surface area contributed by atoms with Gasteiger partial charge >= 0.3 is 0 Å². The Balaban J connectivity index is 1.62. The third-order valence-electron chi connectivity index (χ3n) is 6.05. The fourth-order valence-electron chi connectivity index (χ4n) is 4.33. The molecule has 0 unspecified atom stereocenters. The van der Waals surface area contributed by atoms with Gasteiger partial charge in [0.1, 0.15) is 23.2 Å². The molecular weight excluding hydrogens is 436 g/mol. The van der Waals surface area contributed by atoms with Gasteiger partial charge in [-0.15, -0.1) is 0 Å². The second kappa shape index (κ2) is 8.29. The Bertz CT molecular complexity index is 1430. The Labute approximate surface area is 195 Å². The van der Waals surface area contributed by atoms with E-state index in [1.54, 1.807) is 11.7 Å². The minimum Gasteiger partial charge on any atom is -0.494 e. The molecule has 0 saturated heterocycles. The van der Waals surface area contributed by atoms with Crippen LogP contribution in [0.2, 0.25) is 0 Å². The van der Waals surface area contributed by atoms with Crippen LogP contribution in [0.1, 0.15) is 40.7 Å². The number of nitrogens with zero attached hydrogens (tertiary/aromatic N) is 3. The van der Waals surface area contributed by atoms with Crippen LogP contribution in [0, 0.1) is 6.92 Å². The van der Waals surface area contributed by atoms with Gasteiger partial charge in [0, 0.05) is 28.8 Å². The van der Waals surface area contributed by atoms with Gasteiger partial charge in [0.05, 0.1) is 7.11 Å². The van der Waals surface area contributed by atoms with Crippen molar-refractivity contribution in [2.24, 2.45) is 0 Å². The second-order valence-corrected chi connectivity index (χ2v) is 8.51. The Morgan fingerprint density at radius 1 is 1.18 bits per heavy atom. The quantitative estimate of drug-likeness (QED) is 0.450. The van der Waals surface area contributed by atoms with Crippen molar-refractivity contribution in [3.8, 4) is 17.2 Å². The fraction of sp³-hybridized carbons (Fsp3) is 0.200. The number of ether oxygens (including phenoxy) is 1. The number of nitrogen functional groups attached to an aromatic ring is 1. The molecule has 1 atom stereocenters. The topological polar surface area (TPSA) is 96.2 Å². The third-order valence-corrected chi connectivity index (χ3v) is 6.41. The largest absolute Gasteiger partial charge is 0.494 e. The predicted molar refractivity (Wildman–Crippen MR) is 130 cm³/mol. The highest BCUT2D eigenvalue weighted by Gasteiger charge is 2.37. The summed E-state index contributed by atoms with van der Waals surface area (Å²) in [5, 5.41) is 4.15. The fourth-order valence-corrected chi connectivity index (χ4v) is 4.68. The number of rotatable bonds is 5. The van der Waals surface area contributed by atoms with Gasteiger partial charge in [-0.3, -0.25) is 9.36 Å². The van der Waals surface area contributed by atoms with Crippen molar-refractivity contribution >= 4 is 22.8 Å². The molecule has 0 fully saturated rings. The van der Waals surface area contributed by atoms with Crippen LogP contribution in [0.25, 0.3) is 11.5 Å². The average molecular weight is 459 g/mol. The number of aryl methyl sites for hydroxylation is 1. The summed E-state index contributed by atoms with van der Waals surface area (Å²) in [5.41, 5.74) is 10.4. The van der Waals surface area contributed by atoms with Gasteiger partial charge in [0.25, 0.3) is 11.4 Å². The zero-order valence-corrected chi connectivity index (χ0v) is 19.1. The summed E-state index contributed by atoms with van der Waals surface area (Å²) >= 11 is 5.69. The van der Waals surface area contributed by atoms with Gasteiger partial charge in [0.2, 0.25) is 0 Å². The highest BCUT2D eigenvalue weighted by atomic mass is 32.1. The van der Waals surface area contributed by atoms with Crippen LogP contribution in [-0.4, -0.2) is 26.7 Å². The number of fused-ring (bicyclic) bond motifs is 1. The first kappa shape index (κ1) is 21.1. The van der Waals surface area contributed by atoms with E-state index in [2.05, 4.69) is 10.1 Å². The molecule has 2 aromatic heterocycles. The molecule has 2 aromatic carbocycles. The normalized spacial score (nSPS) is 15.0. The van der Waals surface area contributed by atoms with Gasteiger partial charge in [-0.2, -0.15) is 4.98 Å². The van der Waals surface area contributed by atoms with Crippen LogP contribution in [0.3, 0.4) is 0 Å². The number of nitrogens with two attached hydrogens (primary N) is 1. The Morgan fingerprint density at radius 2 is 1.91 bits per heavy atom. The average Bonchev–Trinajstić information content (AvgIpc) is 3.45. The summed E-state index contributed by atoms with van der Waals surface area (Å²) in [4.78, 5) is 18.6. The van der Waals surface area contributed by atoms with E-state index >= 15 is 0 Å². The van der Waals surface area contributed by atoms with Crippen molar-refractivity contribution in [3.05, 3.63) is 93.2 Å². The van der Waals surface area contributed by atoms with Crippen molar-refractivity contribution in [1.29, 1.82) is 0 Å². The molecule has 0 aliphatic carbocycles. The molecule has 0 amide bonds. The molecule has 2 N–H and O–H groups in total. The number of aromatic nitrogens is 3. The minimum absolute atomic E-state index is 0.139. The van der Waals surface area contributed by atoms with Crippen LogP contribution >= 0.6 is 12.2 Å². The lowest BCUT2D eigenvalue weighted by molar-refractivity contribution is 0.397. The highest BCUT2D eigenvalue weighted by Crippen LogP contribution is 2.39. The van der Waals surface area contributed by atoms with E-state index in [-0.39, 0.29) is 11.2 Å². The number of pyridine rings is 1. The Morgan fingerprint density at radius 3 is 2.64 bits per heavy atom. The molecule has 5 rings (SSSR count). The first-order valence-corrected chi connectivity index (χ1v) is 11.0. The molecule has 33 heavy (non-hydrogen) atoms. The number of thiocarbonyl (C=S) groups is 1. The standard InChI is InChI=1S/C25H22N4O3S/c1-14-8-6-7-11-16(14)12-17-20(26)25(30)29-18(13-19(33)21(29)22(17)31-2)23-27-24(32-28-23)15-9-4-3-5-10-15/h3-11,18H,12-13,26H2,1-2H3/t18-/m1/s1. The Kier molecular flexibility index (Phi) is 5.30. The molecule has 3 heterocycles. The van der Waals surface area contributed by atoms with Crippen molar-refractivity contribution < 1.29 is 9.26 Å². The summed E-state index contributed by atoms with van der Waals surface area (Å²) in [7, 11) is 1.57. The third kappa shape index (κ3) is 3.52. The van der Waals surface area contributed by atoms with E-state index in [4.69, 9.17) is 27.2 Å². The second-order valence-electron chi connectivity index (χ2n) is 8.02. The van der Waals surface area contributed by atoms with Crippen LogP contribution < -0.4 is 16.0 Å². The molecule has 0 bridgehead atoms. The first-order chi connectivity index (χ1) is 16.0. The molecule has 8 heteroatoms. The molecular formula is C25H22N4O3S. The maximum absolute atomic E-state index is 13.5. The summed E-state index contributed by atoms with van der Waals surface area (Å²) in [6.45, 7) is 2.03. The van der Waals surface area contributed by atoms with Crippen molar-refractivity contribution in [1.82, 2.24) is 14.7 Å². The molecule has 1 aliphatic heterocycles. The monoisotopic (exact) mass is 458 g/mol. The lowest BCUT2D eigenvalue weighted by atomic mass is 9.98. The van der Waals surface area contributed by atoms with Crippen LogP contribution in [-0.2, 0) is 6.42 Å². The molecule has 0 saturated carbocycles. The maximum atomic E-state index is 13.5. The smallest absolute Gasteiger partial charge is 0.275 e. The van der Waals surface area contributed by atoms with E-state index in [0.717, 1.165) is 16.7 Å². The lowest BCUT2D eigenvalue weighted by Gasteiger charge is -2.19. The number of anilines is 1. The van der Waals surface area contributed by atoms with E-state index in [0.29, 0.717) is 46.4 Å². The number of hydrogen-bond donors (Lipinski definition) is 1. The summed E-state index contributed by atoms with van der Waals surface area (Å²) in [5.74, 6) is 1.29. The molecule has 7 nitrogen and oxygen atoms in total. The lowest BCUT2D eigenvalue weighted by Crippen LogP contribution is -2.29. The number of benzene rings is 2. The first-order valence-electron chi connectivity index (χ1n) is 10.6. The van der Waals surface area contributed by atoms with Gasteiger partial charge in [-0.05, 0) is 30.2 Å². The van der Waals surface area contributed by atoms with E-state index in [9.17, 15) is 4.79 Å². The summed E-state index contributed by atoms with van der Waals surface area (Å²) < 4.78 is 12.8. The van der Waals surface area contributed by atoms with E-state index in [1.807, 2.05) is 61.5 Å². The Hall–Kier alpha value is -3.78. The maximum Gasteiger partial charge on any atom is 0.275 e. The van der Waals surface area contributed by atoms with Gasteiger partial charge in [0.15, 0.2) is 5.82 Å². The molecule has 0 spiro atoms. The van der Waals surface area contributed by atoms with Gasteiger partial charge < -0.3 is 15.0 Å². The predicted octanol–water partition coefficient (Wildman–Crippen LogP) is 4.10. The van der Waals surface area contributed by atoms with Gasteiger partial charge in [-0.1, -0.05) is 59.8 Å². The molecule has 0 radical (unpaired) electrons.